The van der Waals surface area contributed by atoms with E-state index >= 15 is 0 Å². The van der Waals surface area contributed by atoms with E-state index in [1.54, 1.807) is 23.7 Å². The fourth-order valence-corrected chi connectivity index (χ4v) is 2.80. The van der Waals surface area contributed by atoms with Gasteiger partial charge >= 0.3 is 0 Å². The molecular formula is C13H10ClN3S. The molecule has 1 aromatic carbocycles. The third-order valence-corrected chi connectivity index (χ3v) is 3.99. The van der Waals surface area contributed by atoms with Crippen molar-refractivity contribution in [2.45, 2.75) is 6.04 Å². The number of halogens is 1. The maximum absolute atomic E-state index is 6.24. The molecule has 0 amide bonds. The van der Waals surface area contributed by atoms with Crippen molar-refractivity contribution < 1.29 is 0 Å². The molecule has 0 fully saturated rings. The number of benzene rings is 1. The summed E-state index contributed by atoms with van der Waals surface area (Å²) in [4.78, 5) is 8.64. The van der Waals surface area contributed by atoms with Crippen LogP contribution in [0.25, 0.3) is 10.9 Å². The first-order chi connectivity index (χ1) is 8.77. The average Bonchev–Trinajstić information content (AvgIpc) is 2.93. The highest BCUT2D eigenvalue weighted by Crippen LogP contribution is 2.30. The van der Waals surface area contributed by atoms with Gasteiger partial charge in [0.1, 0.15) is 5.01 Å². The van der Waals surface area contributed by atoms with Gasteiger partial charge in [0.15, 0.2) is 0 Å². The van der Waals surface area contributed by atoms with Crippen LogP contribution in [0.1, 0.15) is 16.6 Å². The standard InChI is InChI=1S/C13H10ClN3S/c14-10-4-3-9(11(15)13-17-6-7-18-13)12-8(10)2-1-5-16-12/h1-7,11H,15H2. The topological polar surface area (TPSA) is 51.8 Å². The number of pyridine rings is 1. The van der Waals surface area contributed by atoms with E-state index in [4.69, 9.17) is 17.3 Å². The fraction of sp³-hybridized carbons (Fsp3) is 0.0769. The van der Waals surface area contributed by atoms with Crippen LogP contribution in [0.3, 0.4) is 0 Å². The van der Waals surface area contributed by atoms with Crippen molar-refractivity contribution in [1.82, 2.24) is 9.97 Å². The predicted octanol–water partition coefficient (Wildman–Crippen LogP) is 3.39. The summed E-state index contributed by atoms with van der Waals surface area (Å²) >= 11 is 7.71. The van der Waals surface area contributed by atoms with Crippen molar-refractivity contribution >= 4 is 33.8 Å². The van der Waals surface area contributed by atoms with Crippen molar-refractivity contribution in [2.75, 3.05) is 0 Å². The molecule has 0 saturated heterocycles. The van der Waals surface area contributed by atoms with E-state index in [-0.39, 0.29) is 6.04 Å². The Bertz CT molecular complexity index is 682. The minimum atomic E-state index is -0.264. The zero-order valence-electron chi connectivity index (χ0n) is 9.38. The molecule has 0 saturated carbocycles. The number of nitrogens with zero attached hydrogens (tertiary/aromatic N) is 2. The van der Waals surface area contributed by atoms with Gasteiger partial charge in [-0.05, 0) is 18.2 Å². The highest BCUT2D eigenvalue weighted by molar-refractivity contribution is 7.09. The molecule has 2 aromatic heterocycles. The number of hydrogen-bond acceptors (Lipinski definition) is 4. The van der Waals surface area contributed by atoms with E-state index in [2.05, 4.69) is 9.97 Å². The van der Waals surface area contributed by atoms with Crippen LogP contribution in [0.5, 0.6) is 0 Å². The molecule has 2 N–H and O–H groups in total. The molecule has 1 unspecified atom stereocenters. The zero-order valence-corrected chi connectivity index (χ0v) is 10.9. The molecule has 0 aliphatic carbocycles. The van der Waals surface area contributed by atoms with Crippen LogP contribution in [0.4, 0.5) is 0 Å². The Balaban J connectivity index is 2.21. The van der Waals surface area contributed by atoms with E-state index in [1.165, 1.54) is 0 Å². The predicted molar refractivity (Wildman–Crippen MR) is 74.9 cm³/mol. The van der Waals surface area contributed by atoms with E-state index in [0.717, 1.165) is 21.5 Å². The van der Waals surface area contributed by atoms with E-state index in [9.17, 15) is 0 Å². The van der Waals surface area contributed by atoms with Gasteiger partial charge in [-0.3, -0.25) is 4.98 Å². The quantitative estimate of drug-likeness (QED) is 0.780. The number of fused-ring (bicyclic) bond motifs is 1. The maximum Gasteiger partial charge on any atom is 0.114 e. The normalized spacial score (nSPS) is 12.8. The largest absolute Gasteiger partial charge is 0.318 e. The SMILES string of the molecule is NC(c1nccs1)c1ccc(Cl)c2cccnc12. The van der Waals surface area contributed by atoms with Crippen LogP contribution >= 0.6 is 22.9 Å². The summed E-state index contributed by atoms with van der Waals surface area (Å²) in [7, 11) is 0. The average molecular weight is 276 g/mol. The number of aromatic nitrogens is 2. The Labute approximate surface area is 113 Å². The smallest absolute Gasteiger partial charge is 0.114 e. The minimum absolute atomic E-state index is 0.264. The van der Waals surface area contributed by atoms with Gasteiger partial charge in [-0.2, -0.15) is 0 Å². The lowest BCUT2D eigenvalue weighted by Gasteiger charge is -2.12. The molecule has 3 rings (SSSR count). The molecule has 5 heteroatoms. The highest BCUT2D eigenvalue weighted by atomic mass is 35.5. The van der Waals surface area contributed by atoms with Gasteiger partial charge in [0.05, 0.1) is 11.6 Å². The van der Waals surface area contributed by atoms with Crippen molar-refractivity contribution in [3.8, 4) is 0 Å². The Kier molecular flexibility index (Phi) is 2.99. The van der Waals surface area contributed by atoms with Crippen LogP contribution in [0, 0.1) is 0 Å². The van der Waals surface area contributed by atoms with Crippen molar-refractivity contribution in [3.63, 3.8) is 0 Å². The molecule has 18 heavy (non-hydrogen) atoms. The second-order valence-corrected chi connectivity index (χ2v) is 5.22. The lowest BCUT2D eigenvalue weighted by Crippen LogP contribution is -2.12. The summed E-state index contributed by atoms with van der Waals surface area (Å²) in [6.07, 6.45) is 3.50. The van der Waals surface area contributed by atoms with Gasteiger partial charge in [-0.1, -0.05) is 17.7 Å². The first-order valence-corrected chi connectivity index (χ1v) is 6.71. The highest BCUT2D eigenvalue weighted by Gasteiger charge is 2.16. The van der Waals surface area contributed by atoms with Crippen molar-refractivity contribution in [2.24, 2.45) is 5.73 Å². The number of rotatable bonds is 2. The van der Waals surface area contributed by atoms with Gasteiger partial charge in [0, 0.05) is 33.7 Å². The van der Waals surface area contributed by atoms with Crippen molar-refractivity contribution in [1.29, 1.82) is 0 Å². The van der Waals surface area contributed by atoms with Gasteiger partial charge < -0.3 is 5.73 Å². The molecule has 0 bridgehead atoms. The molecule has 3 nitrogen and oxygen atoms in total. The van der Waals surface area contributed by atoms with Gasteiger partial charge in [0.25, 0.3) is 0 Å². The Morgan fingerprint density at radius 3 is 2.83 bits per heavy atom. The summed E-state index contributed by atoms with van der Waals surface area (Å²) in [5.41, 5.74) is 8.03. The molecule has 0 aliphatic heterocycles. The lowest BCUT2D eigenvalue weighted by molar-refractivity contribution is 0.863. The zero-order chi connectivity index (χ0) is 12.5. The molecule has 90 valence electrons. The Morgan fingerprint density at radius 2 is 2.06 bits per heavy atom. The third kappa shape index (κ3) is 1.88. The van der Waals surface area contributed by atoms with Crippen LogP contribution in [-0.2, 0) is 0 Å². The fourth-order valence-electron chi connectivity index (χ4n) is 1.93. The monoisotopic (exact) mass is 275 g/mol. The summed E-state index contributed by atoms with van der Waals surface area (Å²) < 4.78 is 0. The molecule has 3 aromatic rings. The summed E-state index contributed by atoms with van der Waals surface area (Å²) in [6, 6.07) is 7.33. The molecule has 0 aliphatic rings. The molecule has 0 spiro atoms. The second kappa shape index (κ2) is 4.65. The van der Waals surface area contributed by atoms with Crippen LogP contribution in [0.2, 0.25) is 5.02 Å². The Morgan fingerprint density at radius 1 is 1.17 bits per heavy atom. The van der Waals surface area contributed by atoms with Gasteiger partial charge in [-0.15, -0.1) is 11.3 Å². The first-order valence-electron chi connectivity index (χ1n) is 5.45. The second-order valence-electron chi connectivity index (χ2n) is 3.88. The van der Waals surface area contributed by atoms with Crippen LogP contribution in [0.15, 0.2) is 42.0 Å². The maximum atomic E-state index is 6.24. The van der Waals surface area contributed by atoms with Crippen LogP contribution < -0.4 is 5.73 Å². The first kappa shape index (κ1) is 11.6. The number of hydrogen-bond donors (Lipinski definition) is 1. The number of nitrogens with two attached hydrogens (primary N) is 1. The summed E-state index contributed by atoms with van der Waals surface area (Å²) in [6.45, 7) is 0. The van der Waals surface area contributed by atoms with Crippen LogP contribution in [-0.4, -0.2) is 9.97 Å². The summed E-state index contributed by atoms with van der Waals surface area (Å²) in [5.74, 6) is 0. The minimum Gasteiger partial charge on any atom is -0.318 e. The third-order valence-electron chi connectivity index (χ3n) is 2.80. The molecule has 2 heterocycles. The Hall–Kier alpha value is -1.49. The van der Waals surface area contributed by atoms with E-state index in [1.807, 2.05) is 29.6 Å². The molecule has 1 atom stereocenters. The van der Waals surface area contributed by atoms with E-state index in [0.29, 0.717) is 5.02 Å². The van der Waals surface area contributed by atoms with Gasteiger partial charge in [-0.25, -0.2) is 4.98 Å². The lowest BCUT2D eigenvalue weighted by atomic mass is 10.0. The summed E-state index contributed by atoms with van der Waals surface area (Å²) in [5, 5.41) is 4.40. The van der Waals surface area contributed by atoms with Gasteiger partial charge in [0.2, 0.25) is 0 Å². The number of thiazole rings is 1. The molecular weight excluding hydrogens is 266 g/mol. The van der Waals surface area contributed by atoms with Crippen molar-refractivity contribution in [3.05, 3.63) is 57.6 Å². The van der Waals surface area contributed by atoms with E-state index < -0.39 is 0 Å². The molecule has 0 radical (unpaired) electrons.